The zero-order valence-electron chi connectivity index (χ0n) is 12.5. The van der Waals surface area contributed by atoms with Crippen LogP contribution in [0.1, 0.15) is 0 Å². The van der Waals surface area contributed by atoms with Crippen molar-refractivity contribution in [3.8, 4) is 0 Å². The molecule has 0 radical (unpaired) electrons. The van der Waals surface area contributed by atoms with E-state index < -0.39 is 28.7 Å². The van der Waals surface area contributed by atoms with Gasteiger partial charge in [0.05, 0.1) is 5.54 Å². The van der Waals surface area contributed by atoms with E-state index >= 15 is 0 Å². The van der Waals surface area contributed by atoms with Crippen molar-refractivity contribution in [3.05, 3.63) is 0 Å². The number of hydrogen-bond acceptors (Lipinski definition) is 7. The van der Waals surface area contributed by atoms with Gasteiger partial charge in [-0.3, -0.25) is 9.13 Å². The molecule has 0 spiro atoms. The molecule has 1 saturated heterocycles. The van der Waals surface area contributed by atoms with Crippen LogP contribution in [0.3, 0.4) is 0 Å². The molecule has 0 unspecified atom stereocenters. The van der Waals surface area contributed by atoms with Gasteiger partial charge in [0, 0.05) is 55.3 Å². The molecule has 1 aliphatic rings. The fourth-order valence-corrected chi connectivity index (χ4v) is 8.16. The summed E-state index contributed by atoms with van der Waals surface area (Å²) in [6, 6.07) is 0. The zero-order valence-corrected chi connectivity index (χ0v) is 16.4. The maximum Gasteiger partial charge on any atom is 0.506 e. The van der Waals surface area contributed by atoms with Gasteiger partial charge < -0.3 is 22.1 Å². The maximum absolute atomic E-state index is 5.62. The van der Waals surface area contributed by atoms with Crippen molar-refractivity contribution in [2.45, 2.75) is 5.54 Å². The highest BCUT2D eigenvalue weighted by Gasteiger charge is 2.50. The second-order valence-corrected chi connectivity index (χ2v) is 11.3. The van der Waals surface area contributed by atoms with Gasteiger partial charge in [-0.25, -0.2) is 0 Å². The summed E-state index contributed by atoms with van der Waals surface area (Å²) in [6.07, 6.45) is 0. The van der Waals surface area contributed by atoms with Crippen LogP contribution in [-0.2, 0) is 22.1 Å². The van der Waals surface area contributed by atoms with Crippen molar-refractivity contribution >= 4 is 28.7 Å². The first-order valence-electron chi connectivity index (χ1n) is 6.23. The van der Waals surface area contributed by atoms with Gasteiger partial charge in [0.25, 0.3) is 0 Å². The highest BCUT2D eigenvalue weighted by Crippen LogP contribution is 2.29. The molecule has 10 heteroatoms. The third kappa shape index (κ3) is 4.42. The predicted octanol–water partition coefficient (Wildman–Crippen LogP) is -1.90. The molecule has 0 aromatic heterocycles. The Morgan fingerprint density at radius 2 is 1.26 bits per heavy atom. The third-order valence-electron chi connectivity index (χ3n) is 3.33. The molecule has 1 heterocycles. The van der Waals surface area contributed by atoms with Crippen LogP contribution in [0.25, 0.3) is 0 Å². The monoisotopic (exact) mass is 326 g/mol. The van der Waals surface area contributed by atoms with Crippen molar-refractivity contribution < 1.29 is 22.1 Å². The molecule has 0 aromatic rings. The molecule has 1 fully saturated rings. The van der Waals surface area contributed by atoms with Gasteiger partial charge in [0.1, 0.15) is 0 Å². The molecule has 0 bridgehead atoms. The molecule has 0 atom stereocenters. The van der Waals surface area contributed by atoms with E-state index in [2.05, 4.69) is 9.13 Å². The van der Waals surface area contributed by atoms with Gasteiger partial charge in [-0.15, -0.1) is 0 Å². The van der Waals surface area contributed by atoms with Crippen molar-refractivity contribution in [2.75, 3.05) is 55.3 Å². The fourth-order valence-electron chi connectivity index (χ4n) is 2.61. The van der Waals surface area contributed by atoms with Gasteiger partial charge in [0.15, 0.2) is 0 Å². The van der Waals surface area contributed by atoms with Crippen molar-refractivity contribution in [1.82, 2.24) is 9.13 Å². The van der Waals surface area contributed by atoms with Crippen LogP contribution in [0.4, 0.5) is 0 Å². The summed E-state index contributed by atoms with van der Waals surface area (Å²) in [5.74, 6) is 0. The Morgan fingerprint density at radius 3 is 1.58 bits per heavy atom. The van der Waals surface area contributed by atoms with E-state index in [1.165, 1.54) is 0 Å². The fraction of sp³-hybridized carbons (Fsp3) is 1.00. The molecular weight excluding hydrogens is 300 g/mol. The lowest BCUT2D eigenvalue weighted by atomic mass is 10.3. The van der Waals surface area contributed by atoms with E-state index in [-0.39, 0.29) is 5.54 Å². The second kappa shape index (κ2) is 8.61. The van der Waals surface area contributed by atoms with E-state index in [1.54, 1.807) is 35.5 Å². The first-order chi connectivity index (χ1) is 9.15. The summed E-state index contributed by atoms with van der Waals surface area (Å²) in [5, 5.41) is 0. The van der Waals surface area contributed by atoms with Gasteiger partial charge >= 0.3 is 8.80 Å². The first-order valence-corrected chi connectivity index (χ1v) is 10.5. The van der Waals surface area contributed by atoms with E-state index in [9.17, 15) is 0 Å². The number of rotatable bonds is 8. The van der Waals surface area contributed by atoms with Gasteiger partial charge in [-0.2, -0.15) is 0 Å². The minimum Gasteiger partial charge on any atom is -0.411 e. The lowest BCUT2D eigenvalue weighted by molar-refractivity contribution is 0.0851. The topological polar surface area (TPSA) is 52.6 Å². The lowest BCUT2D eigenvalue weighted by Gasteiger charge is -2.43. The smallest absolute Gasteiger partial charge is 0.411 e. The Labute approximate surface area is 121 Å². The SMILES string of the molecule is CO[SiH2]N1CC([Si](OC)(OC)OC)CN([SiH2]OC)C1. The highest BCUT2D eigenvalue weighted by molar-refractivity contribution is 6.62. The number of hydrogen-bond donors (Lipinski definition) is 0. The van der Waals surface area contributed by atoms with Crippen LogP contribution >= 0.6 is 0 Å². The second-order valence-electron chi connectivity index (χ2n) is 4.60. The Hall–Kier alpha value is 0.371. The molecule has 0 aliphatic carbocycles. The van der Waals surface area contributed by atoms with Gasteiger partial charge in [-0.05, 0) is 0 Å². The van der Waals surface area contributed by atoms with Crippen LogP contribution in [0, 0.1) is 0 Å². The summed E-state index contributed by atoms with van der Waals surface area (Å²) in [4.78, 5) is 0. The van der Waals surface area contributed by atoms with Crippen LogP contribution in [-0.4, -0.2) is 93.1 Å². The number of nitrogens with zero attached hydrogens (tertiary/aromatic N) is 2. The largest absolute Gasteiger partial charge is 0.506 e. The molecule has 1 aliphatic heterocycles. The Balaban J connectivity index is 2.79. The van der Waals surface area contributed by atoms with Crippen LogP contribution < -0.4 is 0 Å². The molecule has 19 heavy (non-hydrogen) atoms. The summed E-state index contributed by atoms with van der Waals surface area (Å²) in [7, 11) is 4.59. The summed E-state index contributed by atoms with van der Waals surface area (Å²) >= 11 is 0. The van der Waals surface area contributed by atoms with E-state index in [1.807, 2.05) is 0 Å². The van der Waals surface area contributed by atoms with E-state index in [4.69, 9.17) is 22.1 Å². The first kappa shape index (κ1) is 17.4. The Kier molecular flexibility index (Phi) is 7.90. The summed E-state index contributed by atoms with van der Waals surface area (Å²) in [5.41, 5.74) is 0.242. The Morgan fingerprint density at radius 1 is 0.842 bits per heavy atom. The van der Waals surface area contributed by atoms with Crippen molar-refractivity contribution in [2.24, 2.45) is 0 Å². The van der Waals surface area contributed by atoms with Crippen molar-refractivity contribution in [3.63, 3.8) is 0 Å². The third-order valence-corrected chi connectivity index (χ3v) is 8.57. The average molecular weight is 327 g/mol. The normalized spacial score (nSPS) is 24.2. The summed E-state index contributed by atoms with van der Waals surface area (Å²) < 4.78 is 32.3. The quantitative estimate of drug-likeness (QED) is 0.483. The van der Waals surface area contributed by atoms with Crippen LogP contribution in [0.2, 0.25) is 5.54 Å². The van der Waals surface area contributed by atoms with E-state index in [0.29, 0.717) is 0 Å². The minimum atomic E-state index is -2.61. The van der Waals surface area contributed by atoms with Crippen molar-refractivity contribution in [1.29, 1.82) is 0 Å². The standard InChI is InChI=1S/C9H26N2O5Si3/c1-12-17-10-6-9(7-11(8-10)18-13-2)19(14-3,15-4)16-5/h9H,6-8,17-18H2,1-5H3. The Bertz CT molecular complexity index is 238. The molecule has 0 amide bonds. The highest BCUT2D eigenvalue weighted by atomic mass is 28.4. The molecule has 1 rings (SSSR count). The molecule has 0 aromatic carbocycles. The summed E-state index contributed by atoms with van der Waals surface area (Å²) in [6.45, 7) is 2.76. The van der Waals surface area contributed by atoms with Gasteiger partial charge in [-0.1, -0.05) is 0 Å². The van der Waals surface area contributed by atoms with Crippen LogP contribution in [0.5, 0.6) is 0 Å². The molecule has 7 nitrogen and oxygen atoms in total. The zero-order chi connectivity index (χ0) is 14.3. The van der Waals surface area contributed by atoms with Crippen LogP contribution in [0.15, 0.2) is 0 Å². The molecule has 114 valence electrons. The maximum atomic E-state index is 5.62. The lowest BCUT2D eigenvalue weighted by Crippen LogP contribution is -2.60. The minimum absolute atomic E-state index is 0.242. The van der Waals surface area contributed by atoms with Gasteiger partial charge in [0.2, 0.25) is 19.8 Å². The molecule has 0 saturated carbocycles. The van der Waals surface area contributed by atoms with E-state index in [0.717, 1.165) is 19.8 Å². The molecule has 0 N–H and O–H groups in total. The predicted molar refractivity (Wildman–Crippen MR) is 79.9 cm³/mol. The average Bonchev–Trinajstić information content (AvgIpc) is 2.42. The molecular formula is C9H26N2O5Si3.